The van der Waals surface area contributed by atoms with Crippen molar-refractivity contribution in [3.8, 4) is 0 Å². The monoisotopic (exact) mass is 901 g/mol. The molecule has 0 aliphatic carbocycles. The number of ether oxygens (including phenoxy) is 6. The van der Waals surface area contributed by atoms with Gasteiger partial charge in [-0.15, -0.1) is 0 Å². The van der Waals surface area contributed by atoms with Crippen molar-refractivity contribution in [2.45, 2.75) is 229 Å². The zero-order valence-electron chi connectivity index (χ0n) is 38.3. The molecule has 2 aliphatic rings. The highest BCUT2D eigenvalue weighted by molar-refractivity contribution is 5.70. The Balaban J connectivity index is 1.85. The quantitative estimate of drug-likeness (QED) is 0.0225. The van der Waals surface area contributed by atoms with Crippen LogP contribution in [0.1, 0.15) is 162 Å². The van der Waals surface area contributed by atoms with E-state index in [-0.39, 0.29) is 26.1 Å². The molecule has 15 nitrogen and oxygen atoms in total. The number of carbonyl (C=O) groups is 2. The third-order valence-electron chi connectivity index (χ3n) is 11.3. The Kier molecular flexibility index (Phi) is 32.4. The van der Waals surface area contributed by atoms with Gasteiger partial charge in [0.1, 0.15) is 55.4 Å². The van der Waals surface area contributed by atoms with Gasteiger partial charge in [0.25, 0.3) is 0 Å². The molecular weight excluding hydrogens is 817 g/mol. The predicted octanol–water partition coefficient (Wildman–Crippen LogP) is 5.76. The molecule has 15 heteroatoms. The summed E-state index contributed by atoms with van der Waals surface area (Å²) in [4.78, 5) is 25.7. The molecule has 0 aromatic carbocycles. The molecule has 63 heavy (non-hydrogen) atoms. The number of unbranched alkanes of at least 4 members (excludes halogenated alkanes) is 16. The van der Waals surface area contributed by atoms with E-state index in [1.807, 2.05) is 0 Å². The first-order valence-electron chi connectivity index (χ1n) is 24.1. The number of rotatable bonds is 36. The number of esters is 2. The summed E-state index contributed by atoms with van der Waals surface area (Å²) in [5.41, 5.74) is 0. The van der Waals surface area contributed by atoms with Crippen molar-refractivity contribution >= 4 is 11.9 Å². The van der Waals surface area contributed by atoms with Crippen molar-refractivity contribution < 1.29 is 73.8 Å². The molecule has 0 bridgehead atoms. The lowest BCUT2D eigenvalue weighted by Crippen LogP contribution is -2.61. The van der Waals surface area contributed by atoms with Gasteiger partial charge in [0.15, 0.2) is 18.7 Å². The van der Waals surface area contributed by atoms with Gasteiger partial charge in [-0.1, -0.05) is 121 Å². The lowest BCUT2D eigenvalue weighted by Gasteiger charge is -2.42. The standard InChI is InChI=1S/C48H84O15/c1-3-5-7-9-11-13-15-17-19-20-22-24-26-28-30-39(50)58-33-36(61-40(51)31-29-27-25-23-21-18-16-14-12-10-8-6-4-2)34-59-47-46(57)44(55)42(53)38(63-47)35-60-48-45(56)43(54)41(52)37(32-49)62-48/h8,10,14-17,36-38,41-49,52-57H,3-7,9,11-13,18-35H2,1-2H3/b10-8-,16-14-,17-15-. The van der Waals surface area contributed by atoms with Crippen LogP contribution >= 0.6 is 0 Å². The van der Waals surface area contributed by atoms with E-state index in [2.05, 4.69) is 50.3 Å². The average Bonchev–Trinajstić information content (AvgIpc) is 3.28. The molecule has 11 unspecified atom stereocenters. The molecule has 2 rings (SSSR count). The van der Waals surface area contributed by atoms with Crippen LogP contribution in [0.3, 0.4) is 0 Å². The van der Waals surface area contributed by atoms with E-state index < -0.39 is 92.7 Å². The van der Waals surface area contributed by atoms with E-state index >= 15 is 0 Å². The molecule has 0 aromatic heterocycles. The van der Waals surface area contributed by atoms with Gasteiger partial charge < -0.3 is 64.2 Å². The highest BCUT2D eigenvalue weighted by Crippen LogP contribution is 2.26. The molecule has 0 aromatic rings. The number of hydrogen-bond donors (Lipinski definition) is 7. The molecule has 0 radical (unpaired) electrons. The van der Waals surface area contributed by atoms with E-state index in [9.17, 15) is 45.3 Å². The zero-order chi connectivity index (χ0) is 46.1. The van der Waals surface area contributed by atoms with Crippen molar-refractivity contribution in [1.29, 1.82) is 0 Å². The summed E-state index contributed by atoms with van der Waals surface area (Å²) in [6.07, 6.45) is 18.9. The molecule has 2 heterocycles. The second-order valence-electron chi connectivity index (χ2n) is 16.9. The molecule has 2 saturated heterocycles. The third kappa shape index (κ3) is 24.7. The summed E-state index contributed by atoms with van der Waals surface area (Å²) in [5, 5.41) is 71.9. The van der Waals surface area contributed by atoms with Crippen molar-refractivity contribution in [1.82, 2.24) is 0 Å². The van der Waals surface area contributed by atoms with Gasteiger partial charge >= 0.3 is 11.9 Å². The van der Waals surface area contributed by atoms with Gasteiger partial charge in [0.2, 0.25) is 0 Å². The smallest absolute Gasteiger partial charge is 0.306 e. The predicted molar refractivity (Wildman–Crippen MR) is 238 cm³/mol. The number of aliphatic hydroxyl groups excluding tert-OH is 7. The zero-order valence-corrected chi connectivity index (χ0v) is 38.3. The van der Waals surface area contributed by atoms with Gasteiger partial charge in [0.05, 0.1) is 19.8 Å². The largest absolute Gasteiger partial charge is 0.462 e. The molecular formula is C48H84O15. The van der Waals surface area contributed by atoms with Crippen LogP contribution in [0.25, 0.3) is 0 Å². The Morgan fingerprint density at radius 3 is 1.56 bits per heavy atom. The molecule has 7 N–H and O–H groups in total. The fraction of sp³-hybridized carbons (Fsp3) is 0.833. The van der Waals surface area contributed by atoms with Crippen molar-refractivity contribution in [2.75, 3.05) is 26.4 Å². The Morgan fingerprint density at radius 1 is 0.508 bits per heavy atom. The Bertz CT molecular complexity index is 1240. The normalized spacial score (nSPS) is 27.1. The van der Waals surface area contributed by atoms with E-state index in [4.69, 9.17) is 28.4 Å². The fourth-order valence-electron chi connectivity index (χ4n) is 7.31. The molecule has 11 atom stereocenters. The first kappa shape index (κ1) is 56.8. The van der Waals surface area contributed by atoms with Gasteiger partial charge in [0, 0.05) is 12.8 Å². The van der Waals surface area contributed by atoms with E-state index in [0.29, 0.717) is 12.8 Å². The maximum Gasteiger partial charge on any atom is 0.306 e. The van der Waals surface area contributed by atoms with Crippen LogP contribution in [0.5, 0.6) is 0 Å². The van der Waals surface area contributed by atoms with Crippen molar-refractivity contribution in [2.24, 2.45) is 0 Å². The molecule has 0 amide bonds. The molecule has 0 saturated carbocycles. The van der Waals surface area contributed by atoms with Crippen LogP contribution in [0.4, 0.5) is 0 Å². The van der Waals surface area contributed by atoms with Crippen LogP contribution in [0.2, 0.25) is 0 Å². The second-order valence-corrected chi connectivity index (χ2v) is 16.9. The summed E-state index contributed by atoms with van der Waals surface area (Å²) in [6.45, 7) is 2.47. The number of aliphatic hydroxyl groups is 7. The maximum absolute atomic E-state index is 12.9. The lowest BCUT2D eigenvalue weighted by atomic mass is 9.98. The van der Waals surface area contributed by atoms with Crippen molar-refractivity contribution in [3.63, 3.8) is 0 Å². The lowest BCUT2D eigenvalue weighted by molar-refractivity contribution is -0.332. The van der Waals surface area contributed by atoms with Crippen LogP contribution in [-0.2, 0) is 38.0 Å². The van der Waals surface area contributed by atoms with Gasteiger partial charge in [-0.3, -0.25) is 9.59 Å². The summed E-state index contributed by atoms with van der Waals surface area (Å²) in [7, 11) is 0. The average molecular weight is 901 g/mol. The molecule has 2 aliphatic heterocycles. The topological polar surface area (TPSA) is 231 Å². The van der Waals surface area contributed by atoms with E-state index in [0.717, 1.165) is 89.9 Å². The summed E-state index contributed by atoms with van der Waals surface area (Å²) < 4.78 is 33.5. The first-order valence-corrected chi connectivity index (χ1v) is 24.1. The first-order chi connectivity index (χ1) is 30.5. The molecule has 0 spiro atoms. The second kappa shape index (κ2) is 35.9. The Morgan fingerprint density at radius 2 is 0.984 bits per heavy atom. The third-order valence-corrected chi connectivity index (χ3v) is 11.3. The minimum Gasteiger partial charge on any atom is -0.462 e. The van der Waals surface area contributed by atoms with Crippen LogP contribution in [-0.4, -0.2) is 142 Å². The number of allylic oxidation sites excluding steroid dienone is 6. The van der Waals surface area contributed by atoms with Crippen LogP contribution in [0.15, 0.2) is 36.5 Å². The number of carbonyl (C=O) groups excluding carboxylic acids is 2. The summed E-state index contributed by atoms with van der Waals surface area (Å²) in [6, 6.07) is 0. The summed E-state index contributed by atoms with van der Waals surface area (Å²) in [5.74, 6) is -0.953. The van der Waals surface area contributed by atoms with Gasteiger partial charge in [-0.05, 0) is 64.2 Å². The SMILES string of the molecule is CCC/C=C\C/C=C\CCCCCCCC(=O)OC(COC(=O)CCCCCCC/C=C\CCCCCCC)COC1OC(COC2OC(CO)C(O)C(O)C2O)C(O)C(O)C1O. The maximum atomic E-state index is 12.9. The van der Waals surface area contributed by atoms with E-state index in [1.165, 1.54) is 32.1 Å². The number of hydrogen-bond acceptors (Lipinski definition) is 15. The van der Waals surface area contributed by atoms with Crippen LogP contribution < -0.4 is 0 Å². The van der Waals surface area contributed by atoms with Crippen molar-refractivity contribution in [3.05, 3.63) is 36.5 Å². The highest BCUT2D eigenvalue weighted by atomic mass is 16.7. The minimum absolute atomic E-state index is 0.147. The van der Waals surface area contributed by atoms with Gasteiger partial charge in [-0.25, -0.2) is 0 Å². The Hall–Kier alpha value is -2.28. The minimum atomic E-state index is -1.77. The van der Waals surface area contributed by atoms with Gasteiger partial charge in [-0.2, -0.15) is 0 Å². The summed E-state index contributed by atoms with van der Waals surface area (Å²) >= 11 is 0. The van der Waals surface area contributed by atoms with E-state index in [1.54, 1.807) is 0 Å². The van der Waals surface area contributed by atoms with Crippen LogP contribution in [0, 0.1) is 0 Å². The highest BCUT2D eigenvalue weighted by Gasteiger charge is 2.47. The molecule has 2 fully saturated rings. The fourth-order valence-corrected chi connectivity index (χ4v) is 7.31. The Labute approximate surface area is 376 Å². The molecule has 366 valence electrons.